The normalized spacial score (nSPS) is 13.4. The lowest BCUT2D eigenvalue weighted by Gasteiger charge is -2.18. The molecule has 8 heteroatoms. The number of carbonyl (C=O) groups excluding carboxylic acids is 1. The minimum Gasteiger partial charge on any atom is -0.489 e. The fourth-order valence-corrected chi connectivity index (χ4v) is 1.66. The largest absolute Gasteiger partial charge is 0.489 e. The maximum absolute atomic E-state index is 11.7. The number of urea groups is 1. The Morgan fingerprint density at radius 1 is 1.41 bits per heavy atom. The van der Waals surface area contributed by atoms with Crippen molar-refractivity contribution in [3.05, 3.63) is 23.2 Å². The van der Waals surface area contributed by atoms with Gasteiger partial charge in [-0.05, 0) is 39.0 Å². The second-order valence-corrected chi connectivity index (χ2v) is 5.61. The van der Waals surface area contributed by atoms with Crippen LogP contribution in [0.2, 0.25) is 5.02 Å². The fraction of sp³-hybridized carbons (Fsp3) is 0.429. The molecule has 2 amide bonds. The van der Waals surface area contributed by atoms with Crippen molar-refractivity contribution in [1.29, 1.82) is 0 Å². The van der Waals surface area contributed by atoms with E-state index in [2.05, 4.69) is 10.6 Å². The molecule has 22 heavy (non-hydrogen) atoms. The summed E-state index contributed by atoms with van der Waals surface area (Å²) in [4.78, 5) is 22.4. The third kappa shape index (κ3) is 5.42. The highest BCUT2D eigenvalue weighted by molar-refractivity contribution is 6.32. The number of benzene rings is 1. The van der Waals surface area contributed by atoms with Gasteiger partial charge < -0.3 is 25.6 Å². The van der Waals surface area contributed by atoms with Crippen LogP contribution in [0.5, 0.6) is 5.75 Å². The Labute approximate surface area is 133 Å². The van der Waals surface area contributed by atoms with E-state index in [0.29, 0.717) is 16.5 Å². The van der Waals surface area contributed by atoms with Gasteiger partial charge in [-0.1, -0.05) is 11.6 Å². The molecule has 7 nitrogen and oxygen atoms in total. The molecule has 0 aliphatic carbocycles. The summed E-state index contributed by atoms with van der Waals surface area (Å²) in [5.74, 6) is -0.928. The molecule has 1 aromatic rings. The van der Waals surface area contributed by atoms with Crippen LogP contribution in [-0.2, 0) is 4.79 Å². The van der Waals surface area contributed by atoms with Crippen LogP contribution in [0.3, 0.4) is 0 Å². The number of nitrogens with one attached hydrogen (secondary N) is 2. The molecule has 0 saturated heterocycles. The van der Waals surface area contributed by atoms with Crippen LogP contribution in [0.1, 0.15) is 20.8 Å². The van der Waals surface area contributed by atoms with Gasteiger partial charge in [0.1, 0.15) is 5.75 Å². The summed E-state index contributed by atoms with van der Waals surface area (Å²) < 4.78 is 5.46. The average molecular weight is 331 g/mol. The number of aliphatic carboxylic acids is 1. The van der Waals surface area contributed by atoms with E-state index < -0.39 is 24.1 Å². The highest BCUT2D eigenvalue weighted by Crippen LogP contribution is 2.28. The van der Waals surface area contributed by atoms with Crippen molar-refractivity contribution in [1.82, 2.24) is 5.32 Å². The molecule has 0 aromatic heterocycles. The molecule has 0 saturated carbocycles. The number of hydrogen-bond acceptors (Lipinski definition) is 4. The number of carboxylic acid groups (broad SMARTS) is 1. The molecule has 0 bridgehead atoms. The minimum absolute atomic E-state index is 0.0298. The van der Waals surface area contributed by atoms with E-state index in [9.17, 15) is 14.7 Å². The summed E-state index contributed by atoms with van der Waals surface area (Å²) in [6.07, 6.45) is -0.0298. The van der Waals surface area contributed by atoms with Crippen LogP contribution in [0.15, 0.2) is 18.2 Å². The second-order valence-electron chi connectivity index (χ2n) is 5.20. The van der Waals surface area contributed by atoms with Crippen LogP contribution in [-0.4, -0.2) is 40.5 Å². The van der Waals surface area contributed by atoms with Crippen LogP contribution < -0.4 is 15.4 Å². The van der Waals surface area contributed by atoms with Crippen molar-refractivity contribution in [3.63, 3.8) is 0 Å². The van der Waals surface area contributed by atoms with E-state index in [1.807, 2.05) is 13.8 Å². The van der Waals surface area contributed by atoms with Crippen molar-refractivity contribution in [2.24, 2.45) is 0 Å². The Morgan fingerprint density at radius 2 is 2.05 bits per heavy atom. The Kier molecular flexibility index (Phi) is 6.01. The Hall–Kier alpha value is -1.99. The summed E-state index contributed by atoms with van der Waals surface area (Å²) in [7, 11) is 0. The third-order valence-corrected chi connectivity index (χ3v) is 2.90. The van der Waals surface area contributed by atoms with E-state index in [4.69, 9.17) is 21.4 Å². The molecular weight excluding hydrogens is 312 g/mol. The molecule has 1 rings (SSSR count). The average Bonchev–Trinajstić information content (AvgIpc) is 2.39. The zero-order valence-corrected chi connectivity index (χ0v) is 13.3. The zero-order valence-electron chi connectivity index (χ0n) is 12.5. The third-order valence-electron chi connectivity index (χ3n) is 2.61. The molecule has 4 N–H and O–H groups in total. The van der Waals surface area contributed by atoms with E-state index >= 15 is 0 Å². The van der Waals surface area contributed by atoms with Crippen LogP contribution in [0.4, 0.5) is 10.5 Å². The summed E-state index contributed by atoms with van der Waals surface area (Å²) >= 11 is 6.03. The molecule has 0 aliphatic rings. The number of aliphatic hydroxyl groups is 1. The highest BCUT2D eigenvalue weighted by atomic mass is 35.5. The lowest BCUT2D eigenvalue weighted by molar-refractivity contribution is -0.155. The predicted octanol–water partition coefficient (Wildman–Crippen LogP) is 2.08. The standard InChI is InChI=1S/C14H19ClN2O5/c1-8(2)22-11-5-4-9(6-10(11)15)17-13(20)16-7-14(3,21)12(18)19/h4-6,8,21H,7H2,1-3H3,(H,18,19)(H2,16,17,20). The maximum atomic E-state index is 11.7. The molecule has 122 valence electrons. The second kappa shape index (κ2) is 7.33. The van der Waals surface area contributed by atoms with Gasteiger partial charge >= 0.3 is 12.0 Å². The van der Waals surface area contributed by atoms with Gasteiger partial charge in [-0.2, -0.15) is 0 Å². The first kappa shape index (κ1) is 18.1. The molecular formula is C14H19ClN2O5. The summed E-state index contributed by atoms with van der Waals surface area (Å²) in [5.41, 5.74) is -1.63. The molecule has 1 atom stereocenters. The van der Waals surface area contributed by atoms with Crippen LogP contribution >= 0.6 is 11.6 Å². The van der Waals surface area contributed by atoms with Gasteiger partial charge in [0.2, 0.25) is 0 Å². The van der Waals surface area contributed by atoms with Gasteiger partial charge in [-0.25, -0.2) is 9.59 Å². The van der Waals surface area contributed by atoms with Crippen molar-refractivity contribution in [3.8, 4) is 5.75 Å². The number of hydrogen-bond donors (Lipinski definition) is 4. The van der Waals surface area contributed by atoms with Gasteiger partial charge in [0.05, 0.1) is 17.7 Å². The first-order chi connectivity index (χ1) is 10.1. The van der Waals surface area contributed by atoms with Crippen LogP contribution in [0.25, 0.3) is 0 Å². The summed E-state index contributed by atoms with van der Waals surface area (Å²) in [6, 6.07) is 4.06. The predicted molar refractivity (Wildman–Crippen MR) is 82.5 cm³/mol. The van der Waals surface area contributed by atoms with E-state index in [-0.39, 0.29) is 6.10 Å². The first-order valence-electron chi connectivity index (χ1n) is 6.58. The van der Waals surface area contributed by atoms with E-state index in [1.165, 1.54) is 6.07 Å². The molecule has 1 unspecified atom stereocenters. The van der Waals surface area contributed by atoms with E-state index in [1.54, 1.807) is 12.1 Å². The number of halogens is 1. The summed E-state index contributed by atoms with van der Waals surface area (Å²) in [5, 5.41) is 23.3. The number of amides is 2. The van der Waals surface area contributed by atoms with Crippen molar-refractivity contribution in [2.45, 2.75) is 32.5 Å². The molecule has 0 heterocycles. The monoisotopic (exact) mass is 330 g/mol. The number of rotatable bonds is 6. The minimum atomic E-state index is -2.04. The SMILES string of the molecule is CC(C)Oc1ccc(NC(=O)NCC(C)(O)C(=O)O)cc1Cl. The Morgan fingerprint density at radius 3 is 2.55 bits per heavy atom. The number of carbonyl (C=O) groups is 2. The van der Waals surface area contributed by atoms with Gasteiger partial charge in [0.15, 0.2) is 5.60 Å². The number of anilines is 1. The molecule has 0 fully saturated rings. The first-order valence-corrected chi connectivity index (χ1v) is 6.96. The number of carboxylic acids is 1. The fourth-order valence-electron chi connectivity index (χ4n) is 1.43. The van der Waals surface area contributed by atoms with Crippen molar-refractivity contribution < 1.29 is 24.5 Å². The topological polar surface area (TPSA) is 108 Å². The van der Waals surface area contributed by atoms with Crippen LogP contribution in [0, 0.1) is 0 Å². The maximum Gasteiger partial charge on any atom is 0.337 e. The lowest BCUT2D eigenvalue weighted by Crippen LogP contribution is -2.47. The van der Waals surface area contributed by atoms with Gasteiger partial charge in [-0.3, -0.25) is 0 Å². The molecule has 0 radical (unpaired) electrons. The van der Waals surface area contributed by atoms with Crippen molar-refractivity contribution >= 4 is 29.3 Å². The Bertz CT molecular complexity index is 560. The highest BCUT2D eigenvalue weighted by Gasteiger charge is 2.30. The van der Waals surface area contributed by atoms with E-state index in [0.717, 1.165) is 6.92 Å². The lowest BCUT2D eigenvalue weighted by atomic mass is 10.1. The summed E-state index contributed by atoms with van der Waals surface area (Å²) in [6.45, 7) is 4.38. The number of ether oxygens (including phenoxy) is 1. The van der Waals surface area contributed by atoms with Crippen molar-refractivity contribution in [2.75, 3.05) is 11.9 Å². The quantitative estimate of drug-likeness (QED) is 0.638. The Balaban J connectivity index is 2.62. The molecule has 0 aliphatic heterocycles. The smallest absolute Gasteiger partial charge is 0.337 e. The van der Waals surface area contributed by atoms with Gasteiger partial charge in [0.25, 0.3) is 0 Å². The zero-order chi connectivity index (χ0) is 16.9. The van der Waals surface area contributed by atoms with Gasteiger partial charge in [-0.15, -0.1) is 0 Å². The molecule has 1 aromatic carbocycles. The van der Waals surface area contributed by atoms with Gasteiger partial charge in [0, 0.05) is 5.69 Å². The molecule has 0 spiro atoms.